The lowest BCUT2D eigenvalue weighted by atomic mass is 9.70. The summed E-state index contributed by atoms with van der Waals surface area (Å²) in [7, 11) is 0. The monoisotopic (exact) mass is 303 g/mol. The van der Waals surface area contributed by atoms with Crippen LogP contribution in [0.5, 0.6) is 0 Å². The molecule has 0 bridgehead atoms. The second-order valence-corrected chi connectivity index (χ2v) is 7.03. The molecule has 1 aliphatic rings. The van der Waals surface area contributed by atoms with E-state index in [0.29, 0.717) is 6.54 Å². The molecule has 20 heavy (non-hydrogen) atoms. The van der Waals surface area contributed by atoms with Crippen LogP contribution in [0.4, 0.5) is 13.2 Å². The highest BCUT2D eigenvalue weighted by molar-refractivity contribution is 8.00. The van der Waals surface area contributed by atoms with Crippen LogP contribution in [0.25, 0.3) is 0 Å². The molecule has 0 fully saturated rings. The van der Waals surface area contributed by atoms with E-state index < -0.39 is 5.51 Å². The standard InChI is InChI=1S/C15H20F3NS/c1-14(2)8-7-11-5-3-4-6-12(11)13(14)19-9-10-20-15(16,17)18/h3-6,13,19H,7-10H2,1-2H3. The first-order valence-electron chi connectivity index (χ1n) is 6.81. The molecule has 1 atom stereocenters. The SMILES string of the molecule is CC1(C)CCc2ccccc2C1NCCSC(F)(F)F. The Morgan fingerprint density at radius 3 is 2.70 bits per heavy atom. The summed E-state index contributed by atoms with van der Waals surface area (Å²) in [5.74, 6) is 0.0538. The Balaban J connectivity index is 2.01. The summed E-state index contributed by atoms with van der Waals surface area (Å²) in [5, 5.41) is 3.32. The van der Waals surface area contributed by atoms with Crippen molar-refractivity contribution in [2.45, 2.75) is 38.2 Å². The van der Waals surface area contributed by atoms with Crippen LogP contribution in [0.3, 0.4) is 0 Å². The van der Waals surface area contributed by atoms with Crippen LogP contribution in [-0.4, -0.2) is 17.8 Å². The zero-order valence-electron chi connectivity index (χ0n) is 11.8. The molecule has 1 aromatic rings. The van der Waals surface area contributed by atoms with Crippen LogP contribution in [0.15, 0.2) is 24.3 Å². The summed E-state index contributed by atoms with van der Waals surface area (Å²) in [6, 6.07) is 8.35. The number of benzene rings is 1. The highest BCUT2D eigenvalue weighted by Crippen LogP contribution is 2.43. The fourth-order valence-electron chi connectivity index (χ4n) is 2.82. The predicted octanol–water partition coefficient (Wildman–Crippen LogP) is 4.54. The van der Waals surface area contributed by atoms with Gasteiger partial charge in [0.15, 0.2) is 0 Å². The highest BCUT2D eigenvalue weighted by Gasteiger charge is 2.35. The normalized spacial score (nSPS) is 21.6. The van der Waals surface area contributed by atoms with Gasteiger partial charge in [0.25, 0.3) is 0 Å². The molecule has 0 spiro atoms. The first kappa shape index (κ1) is 15.7. The van der Waals surface area contributed by atoms with Gasteiger partial charge in [-0.05, 0) is 41.1 Å². The van der Waals surface area contributed by atoms with Gasteiger partial charge in [0.2, 0.25) is 0 Å². The van der Waals surface area contributed by atoms with Crippen molar-refractivity contribution < 1.29 is 13.2 Å². The molecular formula is C15H20F3NS. The van der Waals surface area contributed by atoms with Gasteiger partial charge in [-0.1, -0.05) is 38.1 Å². The van der Waals surface area contributed by atoms with Crippen LogP contribution >= 0.6 is 11.8 Å². The number of fused-ring (bicyclic) bond motifs is 1. The Morgan fingerprint density at radius 2 is 2.00 bits per heavy atom. The molecule has 112 valence electrons. The van der Waals surface area contributed by atoms with Crippen molar-refractivity contribution in [1.29, 1.82) is 0 Å². The lowest BCUT2D eigenvalue weighted by Gasteiger charge is -2.40. The molecule has 1 nitrogen and oxygen atoms in total. The Bertz CT molecular complexity index is 457. The van der Waals surface area contributed by atoms with Gasteiger partial charge in [0.05, 0.1) is 0 Å². The molecule has 0 aromatic heterocycles. The second-order valence-electron chi connectivity index (χ2n) is 5.87. The van der Waals surface area contributed by atoms with E-state index in [1.165, 1.54) is 11.1 Å². The fourth-order valence-corrected chi connectivity index (χ4v) is 3.27. The van der Waals surface area contributed by atoms with E-state index in [1.54, 1.807) is 0 Å². The summed E-state index contributed by atoms with van der Waals surface area (Å²) in [6.07, 6.45) is 2.09. The Hall–Kier alpha value is -0.680. The molecule has 1 aliphatic carbocycles. The first-order valence-corrected chi connectivity index (χ1v) is 7.80. The maximum absolute atomic E-state index is 12.1. The summed E-state index contributed by atoms with van der Waals surface area (Å²) in [4.78, 5) is 0. The number of nitrogens with one attached hydrogen (secondary N) is 1. The quantitative estimate of drug-likeness (QED) is 0.819. The molecule has 1 unspecified atom stereocenters. The lowest BCUT2D eigenvalue weighted by molar-refractivity contribution is -0.0327. The van der Waals surface area contributed by atoms with E-state index in [9.17, 15) is 13.2 Å². The number of rotatable bonds is 4. The highest BCUT2D eigenvalue weighted by atomic mass is 32.2. The minimum absolute atomic E-state index is 0.0411. The molecule has 0 saturated carbocycles. The number of aryl methyl sites for hydroxylation is 1. The second kappa shape index (κ2) is 5.98. The third kappa shape index (κ3) is 3.92. The zero-order chi connectivity index (χ0) is 14.8. The first-order chi connectivity index (χ1) is 9.30. The van der Waals surface area contributed by atoms with Crippen molar-refractivity contribution in [3.05, 3.63) is 35.4 Å². The summed E-state index contributed by atoms with van der Waals surface area (Å²) >= 11 is 0.0411. The van der Waals surface area contributed by atoms with Crippen LogP contribution in [0.2, 0.25) is 0 Å². The van der Waals surface area contributed by atoms with E-state index in [2.05, 4.69) is 31.3 Å². The number of halogens is 3. The predicted molar refractivity (Wildman–Crippen MR) is 77.8 cm³/mol. The molecule has 0 saturated heterocycles. The molecule has 0 heterocycles. The topological polar surface area (TPSA) is 12.0 Å². The van der Waals surface area contributed by atoms with Crippen molar-refractivity contribution in [3.63, 3.8) is 0 Å². The van der Waals surface area contributed by atoms with Crippen LogP contribution in [0, 0.1) is 5.41 Å². The van der Waals surface area contributed by atoms with Gasteiger partial charge in [-0.2, -0.15) is 13.2 Å². The van der Waals surface area contributed by atoms with Gasteiger partial charge in [-0.3, -0.25) is 0 Å². The molecule has 5 heteroatoms. The maximum Gasteiger partial charge on any atom is 0.441 e. The smallest absolute Gasteiger partial charge is 0.309 e. The van der Waals surface area contributed by atoms with E-state index >= 15 is 0 Å². The van der Waals surface area contributed by atoms with Gasteiger partial charge < -0.3 is 5.32 Å². The van der Waals surface area contributed by atoms with Gasteiger partial charge in [0, 0.05) is 18.3 Å². The molecule has 1 aromatic carbocycles. The summed E-state index contributed by atoms with van der Waals surface area (Å²) in [5.41, 5.74) is -1.52. The number of alkyl halides is 3. The third-order valence-corrected chi connectivity index (χ3v) is 4.64. The zero-order valence-corrected chi connectivity index (χ0v) is 12.6. The van der Waals surface area contributed by atoms with Crippen LogP contribution in [0.1, 0.15) is 37.4 Å². The number of hydrogen-bond donors (Lipinski definition) is 1. The van der Waals surface area contributed by atoms with E-state index in [4.69, 9.17) is 0 Å². The van der Waals surface area contributed by atoms with Crippen LogP contribution in [-0.2, 0) is 6.42 Å². The molecular weight excluding hydrogens is 283 g/mol. The number of hydrogen-bond acceptors (Lipinski definition) is 2. The number of thioether (sulfide) groups is 1. The van der Waals surface area contributed by atoms with Gasteiger partial charge in [0.1, 0.15) is 0 Å². The molecule has 0 amide bonds. The Kier molecular flexibility index (Phi) is 4.69. The minimum atomic E-state index is -4.14. The maximum atomic E-state index is 12.1. The average molecular weight is 303 g/mol. The molecule has 2 rings (SSSR count). The summed E-state index contributed by atoms with van der Waals surface area (Å²) in [6.45, 7) is 4.72. The minimum Gasteiger partial charge on any atom is -0.309 e. The molecule has 0 radical (unpaired) electrons. The van der Waals surface area contributed by atoms with E-state index in [0.717, 1.165) is 12.8 Å². The molecule has 0 aliphatic heterocycles. The van der Waals surface area contributed by atoms with Crippen molar-refractivity contribution >= 4 is 11.8 Å². The van der Waals surface area contributed by atoms with Crippen molar-refractivity contribution in [3.8, 4) is 0 Å². The Labute approximate surface area is 122 Å². The van der Waals surface area contributed by atoms with E-state index in [1.807, 2.05) is 12.1 Å². The van der Waals surface area contributed by atoms with Gasteiger partial charge >= 0.3 is 5.51 Å². The third-order valence-electron chi connectivity index (χ3n) is 3.90. The van der Waals surface area contributed by atoms with Gasteiger partial charge in [-0.15, -0.1) is 0 Å². The Morgan fingerprint density at radius 1 is 1.30 bits per heavy atom. The van der Waals surface area contributed by atoms with Crippen molar-refractivity contribution in [2.24, 2.45) is 5.41 Å². The van der Waals surface area contributed by atoms with Crippen LogP contribution < -0.4 is 5.32 Å². The average Bonchev–Trinajstić information content (AvgIpc) is 2.35. The fraction of sp³-hybridized carbons (Fsp3) is 0.600. The van der Waals surface area contributed by atoms with Gasteiger partial charge in [-0.25, -0.2) is 0 Å². The lowest BCUT2D eigenvalue weighted by Crippen LogP contribution is -2.39. The largest absolute Gasteiger partial charge is 0.441 e. The van der Waals surface area contributed by atoms with E-state index in [-0.39, 0.29) is 29.0 Å². The van der Waals surface area contributed by atoms with Crippen molar-refractivity contribution in [1.82, 2.24) is 5.32 Å². The summed E-state index contributed by atoms with van der Waals surface area (Å²) < 4.78 is 36.4. The van der Waals surface area contributed by atoms with Crippen molar-refractivity contribution in [2.75, 3.05) is 12.3 Å². The molecule has 1 N–H and O–H groups in total.